The van der Waals surface area contributed by atoms with Gasteiger partial charge in [-0.2, -0.15) is 0 Å². The summed E-state index contributed by atoms with van der Waals surface area (Å²) in [6.45, 7) is 0.730. The Bertz CT molecular complexity index is 350. The van der Waals surface area contributed by atoms with Crippen molar-refractivity contribution < 1.29 is 5.11 Å². The van der Waals surface area contributed by atoms with Crippen molar-refractivity contribution in [3.05, 3.63) is 33.8 Å². The molecule has 1 aromatic rings. The van der Waals surface area contributed by atoms with E-state index in [1.54, 1.807) is 6.07 Å². The van der Waals surface area contributed by atoms with Crippen LogP contribution in [-0.2, 0) is 6.54 Å². The zero-order valence-corrected chi connectivity index (χ0v) is 9.72. The highest BCUT2D eigenvalue weighted by Crippen LogP contribution is 2.23. The summed E-state index contributed by atoms with van der Waals surface area (Å²) in [7, 11) is 0. The first-order valence-corrected chi connectivity index (χ1v) is 5.76. The molecule has 0 bridgehead atoms. The number of hydrogen-bond acceptors (Lipinski definition) is 2. The van der Waals surface area contributed by atoms with E-state index in [4.69, 9.17) is 28.3 Å². The molecule has 0 heterocycles. The molecule has 0 radical (unpaired) electrons. The van der Waals surface area contributed by atoms with Crippen molar-refractivity contribution in [2.45, 2.75) is 31.5 Å². The molecule has 0 atom stereocenters. The van der Waals surface area contributed by atoms with Gasteiger partial charge in [0.1, 0.15) is 0 Å². The Morgan fingerprint density at radius 1 is 1.33 bits per heavy atom. The normalized spacial score (nSPS) is 25.0. The van der Waals surface area contributed by atoms with Gasteiger partial charge in [0.25, 0.3) is 0 Å². The fraction of sp³-hybridized carbons (Fsp3) is 0.455. The molecule has 2 rings (SSSR count). The molecule has 0 saturated heterocycles. The summed E-state index contributed by atoms with van der Waals surface area (Å²) in [5.74, 6) is 0. The van der Waals surface area contributed by atoms with Gasteiger partial charge in [0.15, 0.2) is 0 Å². The SMILES string of the molecule is OC1CC(NCc2ccc(Cl)cc2Cl)C1. The van der Waals surface area contributed by atoms with Crippen LogP contribution in [0.25, 0.3) is 0 Å². The minimum atomic E-state index is -0.122. The third kappa shape index (κ3) is 2.85. The molecule has 1 fully saturated rings. The van der Waals surface area contributed by atoms with Crippen molar-refractivity contribution in [1.82, 2.24) is 5.32 Å². The van der Waals surface area contributed by atoms with Crippen LogP contribution >= 0.6 is 23.2 Å². The lowest BCUT2D eigenvalue weighted by Crippen LogP contribution is -2.43. The number of rotatable bonds is 3. The predicted octanol–water partition coefficient (Wildman–Crippen LogP) is 2.61. The maximum atomic E-state index is 9.12. The number of hydrogen-bond donors (Lipinski definition) is 2. The monoisotopic (exact) mass is 245 g/mol. The topological polar surface area (TPSA) is 32.3 Å². The molecule has 4 heteroatoms. The van der Waals surface area contributed by atoms with E-state index in [2.05, 4.69) is 5.32 Å². The summed E-state index contributed by atoms with van der Waals surface area (Å²) >= 11 is 11.8. The Morgan fingerprint density at radius 3 is 2.67 bits per heavy atom. The predicted molar refractivity (Wildman–Crippen MR) is 62.3 cm³/mol. The van der Waals surface area contributed by atoms with E-state index in [0.29, 0.717) is 16.1 Å². The van der Waals surface area contributed by atoms with Crippen molar-refractivity contribution in [3.63, 3.8) is 0 Å². The van der Waals surface area contributed by atoms with Crippen LogP contribution in [0.2, 0.25) is 10.0 Å². The van der Waals surface area contributed by atoms with E-state index in [-0.39, 0.29) is 6.10 Å². The fourth-order valence-corrected chi connectivity index (χ4v) is 2.15. The van der Waals surface area contributed by atoms with Gasteiger partial charge in [0, 0.05) is 22.6 Å². The number of aliphatic hydroxyl groups is 1. The highest BCUT2D eigenvalue weighted by molar-refractivity contribution is 6.35. The lowest BCUT2D eigenvalue weighted by molar-refractivity contribution is 0.0619. The van der Waals surface area contributed by atoms with Gasteiger partial charge in [-0.05, 0) is 30.5 Å². The highest BCUT2D eigenvalue weighted by atomic mass is 35.5. The first-order chi connectivity index (χ1) is 7.15. The van der Waals surface area contributed by atoms with Crippen molar-refractivity contribution in [2.75, 3.05) is 0 Å². The van der Waals surface area contributed by atoms with Gasteiger partial charge < -0.3 is 10.4 Å². The molecule has 1 aliphatic rings. The highest BCUT2D eigenvalue weighted by Gasteiger charge is 2.26. The Kier molecular flexibility index (Phi) is 3.52. The third-order valence-electron chi connectivity index (χ3n) is 2.71. The van der Waals surface area contributed by atoms with Crippen LogP contribution in [0.5, 0.6) is 0 Å². The van der Waals surface area contributed by atoms with E-state index in [0.717, 1.165) is 24.9 Å². The van der Waals surface area contributed by atoms with E-state index >= 15 is 0 Å². The second kappa shape index (κ2) is 4.71. The molecular weight excluding hydrogens is 233 g/mol. The maximum Gasteiger partial charge on any atom is 0.0570 e. The first-order valence-electron chi connectivity index (χ1n) is 5.00. The summed E-state index contributed by atoms with van der Waals surface area (Å²) in [6, 6.07) is 5.93. The molecule has 2 N–H and O–H groups in total. The molecule has 2 nitrogen and oxygen atoms in total. The summed E-state index contributed by atoms with van der Waals surface area (Å²) in [4.78, 5) is 0. The minimum absolute atomic E-state index is 0.122. The minimum Gasteiger partial charge on any atom is -0.393 e. The van der Waals surface area contributed by atoms with Crippen molar-refractivity contribution in [2.24, 2.45) is 0 Å². The summed E-state index contributed by atoms with van der Waals surface area (Å²) in [5, 5.41) is 13.8. The number of benzene rings is 1. The van der Waals surface area contributed by atoms with Crippen LogP contribution in [0.4, 0.5) is 0 Å². The first kappa shape index (κ1) is 11.2. The quantitative estimate of drug-likeness (QED) is 0.859. The lowest BCUT2D eigenvalue weighted by atomic mass is 9.89. The van der Waals surface area contributed by atoms with Gasteiger partial charge in [-0.3, -0.25) is 0 Å². The zero-order chi connectivity index (χ0) is 10.8. The Hall–Kier alpha value is -0.280. The largest absolute Gasteiger partial charge is 0.393 e. The van der Waals surface area contributed by atoms with Crippen LogP contribution in [0.1, 0.15) is 18.4 Å². The van der Waals surface area contributed by atoms with Crippen LogP contribution in [0, 0.1) is 0 Å². The van der Waals surface area contributed by atoms with Gasteiger partial charge in [0.2, 0.25) is 0 Å². The van der Waals surface area contributed by atoms with Gasteiger partial charge in [-0.25, -0.2) is 0 Å². The lowest BCUT2D eigenvalue weighted by Gasteiger charge is -2.32. The second-order valence-corrected chi connectivity index (χ2v) is 4.78. The van der Waals surface area contributed by atoms with Gasteiger partial charge in [-0.15, -0.1) is 0 Å². The summed E-state index contributed by atoms with van der Waals surface area (Å²) in [5.41, 5.74) is 1.04. The average molecular weight is 246 g/mol. The molecule has 0 aromatic heterocycles. The van der Waals surface area contributed by atoms with Crippen LogP contribution in [0.15, 0.2) is 18.2 Å². The molecule has 0 aliphatic heterocycles. The average Bonchev–Trinajstić information content (AvgIpc) is 2.13. The van der Waals surface area contributed by atoms with Crippen LogP contribution in [0.3, 0.4) is 0 Å². The second-order valence-electron chi connectivity index (χ2n) is 3.94. The fourth-order valence-electron chi connectivity index (χ4n) is 1.67. The molecule has 0 unspecified atom stereocenters. The van der Waals surface area contributed by atoms with E-state index in [9.17, 15) is 0 Å². The summed E-state index contributed by atoms with van der Waals surface area (Å²) in [6.07, 6.45) is 1.55. The third-order valence-corrected chi connectivity index (χ3v) is 3.30. The van der Waals surface area contributed by atoms with E-state index in [1.807, 2.05) is 12.1 Å². The molecule has 1 saturated carbocycles. The van der Waals surface area contributed by atoms with Gasteiger partial charge >= 0.3 is 0 Å². The standard InChI is InChI=1S/C11H13Cl2NO/c12-8-2-1-7(11(13)3-8)6-14-9-4-10(15)5-9/h1-3,9-10,14-15H,4-6H2. The Labute approximate surface area is 99.2 Å². The molecule has 0 amide bonds. The number of halogens is 2. The van der Waals surface area contributed by atoms with E-state index in [1.165, 1.54) is 0 Å². The zero-order valence-electron chi connectivity index (χ0n) is 8.21. The molecule has 1 aliphatic carbocycles. The van der Waals surface area contributed by atoms with Crippen molar-refractivity contribution in [3.8, 4) is 0 Å². The molecule has 0 spiro atoms. The van der Waals surface area contributed by atoms with Crippen molar-refractivity contribution in [1.29, 1.82) is 0 Å². The van der Waals surface area contributed by atoms with E-state index < -0.39 is 0 Å². The van der Waals surface area contributed by atoms with Gasteiger partial charge in [0.05, 0.1) is 6.10 Å². The Morgan fingerprint density at radius 2 is 2.07 bits per heavy atom. The Balaban J connectivity index is 1.88. The molecular formula is C11H13Cl2NO. The smallest absolute Gasteiger partial charge is 0.0570 e. The van der Waals surface area contributed by atoms with Crippen LogP contribution in [-0.4, -0.2) is 17.3 Å². The van der Waals surface area contributed by atoms with Crippen LogP contribution < -0.4 is 5.32 Å². The molecule has 1 aromatic carbocycles. The van der Waals surface area contributed by atoms with Crippen molar-refractivity contribution >= 4 is 23.2 Å². The van der Waals surface area contributed by atoms with Gasteiger partial charge in [-0.1, -0.05) is 29.3 Å². The number of nitrogens with one attached hydrogen (secondary N) is 1. The maximum absolute atomic E-state index is 9.12. The molecule has 82 valence electrons. The summed E-state index contributed by atoms with van der Waals surface area (Å²) < 4.78 is 0. The number of aliphatic hydroxyl groups excluding tert-OH is 1. The molecule has 15 heavy (non-hydrogen) atoms.